The predicted molar refractivity (Wildman–Crippen MR) is 86.7 cm³/mol. The van der Waals surface area contributed by atoms with E-state index in [1.807, 2.05) is 0 Å². The third-order valence-electron chi connectivity index (χ3n) is 5.36. The molecule has 23 heavy (non-hydrogen) atoms. The summed E-state index contributed by atoms with van der Waals surface area (Å²) < 4.78 is 10.6. The number of carbonyl (C=O) groups excluding carboxylic acids is 1. The Kier molecular flexibility index (Phi) is 3.73. The molecule has 4 aliphatic rings. The van der Waals surface area contributed by atoms with Gasteiger partial charge in [0, 0.05) is 24.7 Å². The molecule has 0 aliphatic carbocycles. The Morgan fingerprint density at radius 2 is 2.26 bits per heavy atom. The highest BCUT2D eigenvalue weighted by Crippen LogP contribution is 2.36. The van der Waals surface area contributed by atoms with Crippen LogP contribution >= 0.6 is 0 Å². The highest BCUT2D eigenvalue weighted by Gasteiger charge is 2.38. The van der Waals surface area contributed by atoms with Crippen LogP contribution in [0, 0.1) is 11.8 Å². The normalized spacial score (nSPS) is 31.0. The molecule has 1 aromatic rings. The van der Waals surface area contributed by atoms with Crippen molar-refractivity contribution in [2.24, 2.45) is 11.8 Å². The molecule has 1 unspecified atom stereocenters. The van der Waals surface area contributed by atoms with Crippen molar-refractivity contribution in [2.45, 2.75) is 18.9 Å². The fraction of sp³-hybridized carbons (Fsp3) is 0.500. The van der Waals surface area contributed by atoms with Crippen molar-refractivity contribution in [3.63, 3.8) is 0 Å². The number of ether oxygens (including phenoxy) is 2. The summed E-state index contributed by atoms with van der Waals surface area (Å²) in [7, 11) is 0. The fourth-order valence-corrected chi connectivity index (χ4v) is 4.01. The molecule has 0 radical (unpaired) electrons. The number of amides is 1. The predicted octanol–water partition coefficient (Wildman–Crippen LogP) is 2.04. The Balaban J connectivity index is 1.36. The topological polar surface area (TPSA) is 50.8 Å². The highest BCUT2D eigenvalue weighted by atomic mass is 16.7. The van der Waals surface area contributed by atoms with Gasteiger partial charge in [0.1, 0.15) is 0 Å². The lowest BCUT2D eigenvalue weighted by Gasteiger charge is -2.49. The zero-order chi connectivity index (χ0) is 15.8. The summed E-state index contributed by atoms with van der Waals surface area (Å²) >= 11 is 0. The molecule has 1 amide bonds. The molecule has 5 rings (SSSR count). The molecule has 122 valence electrons. The number of rotatable bonds is 4. The lowest BCUT2D eigenvalue weighted by atomic mass is 9.75. The summed E-state index contributed by atoms with van der Waals surface area (Å²) in [5, 5.41) is 3.07. The zero-order valence-electron chi connectivity index (χ0n) is 13.2. The number of hydrogen-bond acceptors (Lipinski definition) is 4. The lowest BCUT2D eigenvalue weighted by Crippen LogP contribution is -2.56. The van der Waals surface area contributed by atoms with Gasteiger partial charge < -0.3 is 14.8 Å². The van der Waals surface area contributed by atoms with Crippen LogP contribution in [0.2, 0.25) is 0 Å². The molecule has 5 heteroatoms. The first kappa shape index (κ1) is 14.6. The number of nitrogens with one attached hydrogen (secondary N) is 1. The van der Waals surface area contributed by atoms with Crippen molar-refractivity contribution < 1.29 is 14.3 Å². The van der Waals surface area contributed by atoms with Crippen LogP contribution in [0.4, 0.5) is 0 Å². The van der Waals surface area contributed by atoms with Crippen LogP contribution in [0.1, 0.15) is 23.2 Å². The van der Waals surface area contributed by atoms with Gasteiger partial charge in [-0.15, -0.1) is 6.58 Å². The van der Waals surface area contributed by atoms with Gasteiger partial charge in [-0.3, -0.25) is 9.69 Å². The Morgan fingerprint density at radius 1 is 1.39 bits per heavy atom. The number of carbonyl (C=O) groups is 1. The van der Waals surface area contributed by atoms with E-state index in [9.17, 15) is 4.79 Å². The van der Waals surface area contributed by atoms with E-state index in [2.05, 4.69) is 22.9 Å². The number of fused-ring (bicyclic) bond motifs is 4. The van der Waals surface area contributed by atoms with Crippen LogP contribution in [0.15, 0.2) is 30.9 Å². The van der Waals surface area contributed by atoms with Gasteiger partial charge in [-0.25, -0.2) is 0 Å². The lowest BCUT2D eigenvalue weighted by molar-refractivity contribution is 0.0195. The van der Waals surface area contributed by atoms with Crippen molar-refractivity contribution in [3.05, 3.63) is 36.4 Å². The Bertz CT molecular complexity index is 631. The summed E-state index contributed by atoms with van der Waals surface area (Å²) in [5.41, 5.74) is 0.620. The van der Waals surface area contributed by atoms with E-state index in [1.54, 1.807) is 18.2 Å². The maximum Gasteiger partial charge on any atom is 0.251 e. The van der Waals surface area contributed by atoms with E-state index in [-0.39, 0.29) is 12.7 Å². The second kappa shape index (κ2) is 5.89. The van der Waals surface area contributed by atoms with Crippen molar-refractivity contribution >= 4 is 5.91 Å². The molecule has 0 aromatic heterocycles. The largest absolute Gasteiger partial charge is 0.454 e. The Morgan fingerprint density at radius 3 is 3.04 bits per heavy atom. The van der Waals surface area contributed by atoms with Gasteiger partial charge in [0.25, 0.3) is 5.91 Å². The first-order valence-corrected chi connectivity index (χ1v) is 8.29. The van der Waals surface area contributed by atoms with Gasteiger partial charge >= 0.3 is 0 Å². The van der Waals surface area contributed by atoms with Crippen molar-refractivity contribution in [1.29, 1.82) is 0 Å². The Labute approximate surface area is 136 Å². The summed E-state index contributed by atoms with van der Waals surface area (Å²) in [4.78, 5) is 14.9. The van der Waals surface area contributed by atoms with Gasteiger partial charge in [0.05, 0.1) is 0 Å². The average molecular weight is 314 g/mol. The van der Waals surface area contributed by atoms with E-state index in [0.717, 1.165) is 25.4 Å². The number of hydrogen-bond donors (Lipinski definition) is 1. The van der Waals surface area contributed by atoms with Crippen LogP contribution < -0.4 is 14.8 Å². The highest BCUT2D eigenvalue weighted by molar-refractivity contribution is 5.94. The smallest absolute Gasteiger partial charge is 0.251 e. The summed E-state index contributed by atoms with van der Waals surface area (Å²) in [6.07, 6.45) is 4.50. The standard InChI is InChI=1S/C18H22N2O3/c1-2-12-10-20-6-5-13(12)7-15(20)9-19-18(21)14-3-4-16-17(8-14)23-11-22-16/h2-4,8,12-13,15H,1,5-7,9-11H2,(H,19,21)/t12-,13-,15+/m0/s1. The minimum Gasteiger partial charge on any atom is -0.454 e. The van der Waals surface area contributed by atoms with Crippen LogP contribution in [-0.4, -0.2) is 43.3 Å². The number of benzene rings is 1. The van der Waals surface area contributed by atoms with Gasteiger partial charge in [0.15, 0.2) is 11.5 Å². The monoisotopic (exact) mass is 314 g/mol. The van der Waals surface area contributed by atoms with Crippen molar-refractivity contribution in [1.82, 2.24) is 10.2 Å². The molecule has 4 atom stereocenters. The van der Waals surface area contributed by atoms with Gasteiger partial charge in [-0.2, -0.15) is 0 Å². The molecule has 0 spiro atoms. The Hall–Kier alpha value is -2.01. The van der Waals surface area contributed by atoms with Crippen LogP contribution in [0.25, 0.3) is 0 Å². The van der Waals surface area contributed by atoms with E-state index in [0.29, 0.717) is 35.6 Å². The minimum atomic E-state index is -0.0498. The minimum absolute atomic E-state index is 0.0498. The third kappa shape index (κ3) is 2.70. The van der Waals surface area contributed by atoms with E-state index < -0.39 is 0 Å². The third-order valence-corrected chi connectivity index (χ3v) is 5.36. The van der Waals surface area contributed by atoms with E-state index in [4.69, 9.17) is 9.47 Å². The van der Waals surface area contributed by atoms with Crippen molar-refractivity contribution in [2.75, 3.05) is 26.4 Å². The second-order valence-corrected chi connectivity index (χ2v) is 6.61. The quantitative estimate of drug-likeness (QED) is 0.864. The summed E-state index contributed by atoms with van der Waals surface area (Å²) in [5.74, 6) is 2.64. The second-order valence-electron chi connectivity index (χ2n) is 6.61. The van der Waals surface area contributed by atoms with E-state index >= 15 is 0 Å². The maximum absolute atomic E-state index is 12.4. The van der Waals surface area contributed by atoms with Crippen molar-refractivity contribution in [3.8, 4) is 11.5 Å². The molecule has 5 nitrogen and oxygen atoms in total. The molecule has 4 aliphatic heterocycles. The number of nitrogens with zero attached hydrogens (tertiary/aromatic N) is 1. The molecule has 2 bridgehead atoms. The summed E-state index contributed by atoms with van der Waals surface area (Å²) in [6, 6.07) is 5.77. The summed E-state index contributed by atoms with van der Waals surface area (Å²) in [6.45, 7) is 7.10. The molecular formula is C18H22N2O3. The SMILES string of the molecule is C=C[C@H]1CN2CC[C@H]1C[C@@H]2CNC(=O)c1ccc2c(c1)OCO2. The first-order valence-electron chi connectivity index (χ1n) is 8.29. The van der Waals surface area contributed by atoms with Crippen LogP contribution in [0.5, 0.6) is 11.5 Å². The molecule has 1 aromatic carbocycles. The fourth-order valence-electron chi connectivity index (χ4n) is 4.01. The van der Waals surface area contributed by atoms with Gasteiger partial charge in [-0.05, 0) is 49.4 Å². The molecule has 0 saturated carbocycles. The van der Waals surface area contributed by atoms with Crippen LogP contribution in [-0.2, 0) is 0 Å². The van der Waals surface area contributed by atoms with Crippen LogP contribution in [0.3, 0.4) is 0 Å². The van der Waals surface area contributed by atoms with E-state index in [1.165, 1.54) is 6.42 Å². The molecule has 3 saturated heterocycles. The molecule has 3 fully saturated rings. The number of piperidine rings is 3. The maximum atomic E-state index is 12.4. The molecular weight excluding hydrogens is 292 g/mol. The molecule has 4 heterocycles. The van der Waals surface area contributed by atoms with Gasteiger partial charge in [-0.1, -0.05) is 6.08 Å². The zero-order valence-corrected chi connectivity index (χ0v) is 13.2. The average Bonchev–Trinajstić information content (AvgIpc) is 3.07. The molecule has 1 N–H and O–H groups in total. The van der Waals surface area contributed by atoms with Gasteiger partial charge in [0.2, 0.25) is 6.79 Å². The first-order chi connectivity index (χ1) is 11.2.